The molecule has 1 aromatic rings. The summed E-state index contributed by atoms with van der Waals surface area (Å²) >= 11 is 0. The molecule has 0 saturated carbocycles. The molecular formula is C8H11BO4S. The minimum absolute atomic E-state index is 0.0512. The van der Waals surface area contributed by atoms with Crippen molar-refractivity contribution in [2.24, 2.45) is 0 Å². The summed E-state index contributed by atoms with van der Waals surface area (Å²) in [5.41, 5.74) is 0. The Morgan fingerprint density at radius 1 is 1.50 bits per heavy atom. The van der Waals surface area contributed by atoms with Crippen LogP contribution in [0, 0.1) is 0 Å². The number of hydrogen-bond donors (Lipinski definition) is 1. The summed E-state index contributed by atoms with van der Waals surface area (Å²) in [6, 6.07) is 6.07. The van der Waals surface area contributed by atoms with Gasteiger partial charge in [0.15, 0.2) is 9.84 Å². The number of sulfone groups is 1. The molecule has 6 heteroatoms. The van der Waals surface area contributed by atoms with Gasteiger partial charge in [-0.15, -0.1) is 0 Å². The molecule has 0 aliphatic heterocycles. The van der Waals surface area contributed by atoms with Gasteiger partial charge in [-0.2, -0.15) is 0 Å². The largest absolute Gasteiger partial charge is 0.539 e. The molecule has 1 rings (SSSR count). The maximum atomic E-state index is 11.4. The number of benzene rings is 1. The molecular weight excluding hydrogens is 203 g/mol. The molecule has 0 radical (unpaired) electrons. The Morgan fingerprint density at radius 2 is 2.21 bits per heavy atom. The zero-order chi connectivity index (χ0) is 10.6. The standard InChI is InChI=1S/C8H11BO4S/c1-2-14(11,12)8-5-3-4-7(6-8)13-9-10/h3-6,9-10H,2H2,1H3. The normalized spacial score (nSPS) is 11.0. The molecule has 0 atom stereocenters. The maximum absolute atomic E-state index is 11.4. The minimum atomic E-state index is -3.20. The molecule has 0 aliphatic rings. The van der Waals surface area contributed by atoms with Gasteiger partial charge in [0.25, 0.3) is 0 Å². The third-order valence-electron chi connectivity index (χ3n) is 1.78. The van der Waals surface area contributed by atoms with Crippen LogP contribution in [0.4, 0.5) is 0 Å². The van der Waals surface area contributed by atoms with Gasteiger partial charge in [-0.25, -0.2) is 8.42 Å². The molecule has 4 nitrogen and oxygen atoms in total. The van der Waals surface area contributed by atoms with E-state index in [2.05, 4.69) is 0 Å². The first-order valence-corrected chi connectivity index (χ1v) is 5.82. The van der Waals surface area contributed by atoms with Crippen molar-refractivity contribution in [1.29, 1.82) is 0 Å². The SMILES string of the molecule is CCS(=O)(=O)c1cccc(OBO)c1. The molecule has 0 unspecified atom stereocenters. The van der Waals surface area contributed by atoms with E-state index in [1.165, 1.54) is 12.1 Å². The minimum Gasteiger partial charge on any atom is -0.539 e. The van der Waals surface area contributed by atoms with Crippen LogP contribution in [0.15, 0.2) is 29.2 Å². The van der Waals surface area contributed by atoms with E-state index in [0.717, 1.165) is 0 Å². The molecule has 0 spiro atoms. The van der Waals surface area contributed by atoms with E-state index in [4.69, 9.17) is 9.68 Å². The van der Waals surface area contributed by atoms with Crippen molar-refractivity contribution in [1.82, 2.24) is 0 Å². The molecule has 14 heavy (non-hydrogen) atoms. The summed E-state index contributed by atoms with van der Waals surface area (Å²) in [4.78, 5) is 0.214. The lowest BCUT2D eigenvalue weighted by atomic mass is 10.3. The van der Waals surface area contributed by atoms with E-state index < -0.39 is 17.5 Å². The smallest absolute Gasteiger partial charge is 0.504 e. The van der Waals surface area contributed by atoms with E-state index in [0.29, 0.717) is 5.75 Å². The summed E-state index contributed by atoms with van der Waals surface area (Å²) in [7, 11) is -3.66. The van der Waals surface area contributed by atoms with Crippen molar-refractivity contribution >= 4 is 17.5 Å². The molecule has 0 aromatic heterocycles. The van der Waals surface area contributed by atoms with E-state index >= 15 is 0 Å². The van der Waals surface area contributed by atoms with Gasteiger partial charge in [-0.1, -0.05) is 13.0 Å². The highest BCUT2D eigenvalue weighted by molar-refractivity contribution is 7.91. The lowest BCUT2D eigenvalue weighted by molar-refractivity contribution is 0.453. The average molecular weight is 214 g/mol. The first-order chi connectivity index (χ1) is 6.60. The molecule has 0 saturated heterocycles. The van der Waals surface area contributed by atoms with Crippen molar-refractivity contribution in [2.75, 3.05) is 5.75 Å². The van der Waals surface area contributed by atoms with Crippen LogP contribution in [0.3, 0.4) is 0 Å². The van der Waals surface area contributed by atoms with Crippen LogP contribution in [-0.2, 0) is 9.84 Å². The molecule has 76 valence electrons. The second-order valence-electron chi connectivity index (χ2n) is 2.65. The van der Waals surface area contributed by atoms with Crippen LogP contribution in [-0.4, -0.2) is 26.9 Å². The molecule has 0 amide bonds. The fourth-order valence-corrected chi connectivity index (χ4v) is 1.91. The zero-order valence-electron chi connectivity index (χ0n) is 7.80. The predicted molar refractivity (Wildman–Crippen MR) is 54.2 cm³/mol. The first-order valence-electron chi connectivity index (χ1n) is 4.16. The van der Waals surface area contributed by atoms with Crippen LogP contribution in [0.25, 0.3) is 0 Å². The summed E-state index contributed by atoms with van der Waals surface area (Å²) in [6.07, 6.45) is 0. The van der Waals surface area contributed by atoms with Gasteiger partial charge < -0.3 is 9.68 Å². The highest BCUT2D eigenvalue weighted by Gasteiger charge is 2.11. The summed E-state index contributed by atoms with van der Waals surface area (Å²) in [6.45, 7) is 1.58. The highest BCUT2D eigenvalue weighted by atomic mass is 32.2. The van der Waals surface area contributed by atoms with Crippen LogP contribution < -0.4 is 4.65 Å². The summed E-state index contributed by atoms with van der Waals surface area (Å²) < 4.78 is 27.7. The average Bonchev–Trinajstić information content (AvgIpc) is 2.19. The van der Waals surface area contributed by atoms with Crippen molar-refractivity contribution in [3.8, 4) is 5.75 Å². The maximum Gasteiger partial charge on any atom is 0.504 e. The van der Waals surface area contributed by atoms with E-state index in [9.17, 15) is 8.42 Å². The van der Waals surface area contributed by atoms with Crippen LogP contribution in [0.5, 0.6) is 5.75 Å². The zero-order valence-corrected chi connectivity index (χ0v) is 8.62. The molecule has 1 aromatic carbocycles. The van der Waals surface area contributed by atoms with Crippen LogP contribution in [0.1, 0.15) is 6.92 Å². The Hall–Kier alpha value is -1.01. The fraction of sp³-hybridized carbons (Fsp3) is 0.250. The van der Waals surface area contributed by atoms with Gasteiger partial charge in [0.2, 0.25) is 0 Å². The Kier molecular flexibility index (Phi) is 3.54. The van der Waals surface area contributed by atoms with Crippen molar-refractivity contribution in [2.45, 2.75) is 11.8 Å². The van der Waals surface area contributed by atoms with Gasteiger partial charge in [-0.05, 0) is 18.2 Å². The lowest BCUT2D eigenvalue weighted by Crippen LogP contribution is -2.05. The Bertz CT molecular complexity index is 402. The number of hydrogen-bond acceptors (Lipinski definition) is 4. The number of rotatable bonds is 4. The van der Waals surface area contributed by atoms with Crippen molar-refractivity contribution in [3.05, 3.63) is 24.3 Å². The van der Waals surface area contributed by atoms with Crippen molar-refractivity contribution in [3.63, 3.8) is 0 Å². The highest BCUT2D eigenvalue weighted by Crippen LogP contribution is 2.17. The van der Waals surface area contributed by atoms with Gasteiger partial charge >= 0.3 is 7.69 Å². The van der Waals surface area contributed by atoms with E-state index in [1.54, 1.807) is 19.1 Å². The van der Waals surface area contributed by atoms with E-state index in [-0.39, 0.29) is 10.6 Å². The molecule has 0 aliphatic carbocycles. The molecule has 0 fully saturated rings. The quantitative estimate of drug-likeness (QED) is 0.723. The van der Waals surface area contributed by atoms with Crippen LogP contribution in [0.2, 0.25) is 0 Å². The Morgan fingerprint density at radius 3 is 2.79 bits per heavy atom. The lowest BCUT2D eigenvalue weighted by Gasteiger charge is -2.04. The molecule has 0 bridgehead atoms. The first kappa shape index (κ1) is 11.1. The Balaban J connectivity index is 3.06. The van der Waals surface area contributed by atoms with Crippen molar-refractivity contribution < 1.29 is 18.1 Å². The Labute approximate surface area is 83.8 Å². The second-order valence-corrected chi connectivity index (χ2v) is 4.93. The third-order valence-corrected chi connectivity index (χ3v) is 3.51. The predicted octanol–water partition coefficient (Wildman–Crippen LogP) is 0.118. The fourth-order valence-electron chi connectivity index (χ4n) is 0.999. The van der Waals surface area contributed by atoms with E-state index in [1.807, 2.05) is 0 Å². The van der Waals surface area contributed by atoms with Gasteiger partial charge in [0.1, 0.15) is 5.75 Å². The summed E-state index contributed by atoms with van der Waals surface area (Å²) in [5.74, 6) is 0.400. The van der Waals surface area contributed by atoms with Gasteiger partial charge in [-0.3, -0.25) is 0 Å². The third kappa shape index (κ3) is 2.49. The molecule has 0 heterocycles. The topological polar surface area (TPSA) is 63.6 Å². The van der Waals surface area contributed by atoms with Gasteiger partial charge in [0.05, 0.1) is 10.6 Å². The summed E-state index contributed by atoms with van der Waals surface area (Å²) in [5, 5.41) is 8.50. The monoisotopic (exact) mass is 214 g/mol. The van der Waals surface area contributed by atoms with Crippen LogP contribution >= 0.6 is 0 Å². The van der Waals surface area contributed by atoms with Gasteiger partial charge in [0, 0.05) is 0 Å². The molecule has 1 N–H and O–H groups in total. The second kappa shape index (κ2) is 4.48.